The SMILES string of the molecule is CC(C)(C)O.CC(C)(C)O.CC(C)(C)O.Cl.[Ti]. The Bertz CT molecular complexity index is 96.8. The third kappa shape index (κ3) is 4780. The van der Waals surface area contributed by atoms with Crippen molar-refractivity contribution in [3.05, 3.63) is 0 Å². The van der Waals surface area contributed by atoms with Crippen molar-refractivity contribution in [2.24, 2.45) is 0 Å². The van der Waals surface area contributed by atoms with Gasteiger partial charge in [0.05, 0.1) is 16.8 Å². The van der Waals surface area contributed by atoms with Crippen LogP contribution in [0.3, 0.4) is 0 Å². The van der Waals surface area contributed by atoms with Crippen LogP contribution in [0.15, 0.2) is 0 Å². The molecule has 5 heteroatoms. The largest absolute Gasteiger partial charge is 0.391 e. The van der Waals surface area contributed by atoms with Gasteiger partial charge in [0.15, 0.2) is 0 Å². The molecule has 0 unspecified atom stereocenters. The zero-order valence-corrected chi connectivity index (χ0v) is 15.1. The zero-order valence-electron chi connectivity index (χ0n) is 12.7. The fourth-order valence-corrected chi connectivity index (χ4v) is 0. The van der Waals surface area contributed by atoms with E-state index in [1.165, 1.54) is 0 Å². The van der Waals surface area contributed by atoms with Crippen LogP contribution < -0.4 is 0 Å². The van der Waals surface area contributed by atoms with E-state index in [2.05, 4.69) is 0 Å². The fraction of sp³-hybridized carbons (Fsp3) is 1.00. The minimum Gasteiger partial charge on any atom is -0.391 e. The molecule has 3 N–H and O–H groups in total. The van der Waals surface area contributed by atoms with Crippen LogP contribution in [0.4, 0.5) is 0 Å². The average molecular weight is 307 g/mol. The van der Waals surface area contributed by atoms with Gasteiger partial charge in [-0.25, -0.2) is 0 Å². The van der Waals surface area contributed by atoms with Gasteiger partial charge in [0.25, 0.3) is 0 Å². The maximum absolute atomic E-state index is 8.52. The zero-order chi connectivity index (χ0) is 13.5. The van der Waals surface area contributed by atoms with Crippen molar-refractivity contribution >= 4 is 12.4 Å². The molecule has 0 aromatic carbocycles. The van der Waals surface area contributed by atoms with Crippen LogP contribution in [0.5, 0.6) is 0 Å². The minimum absolute atomic E-state index is 0. The molecule has 0 radical (unpaired) electrons. The Morgan fingerprint density at radius 3 is 0.471 bits per heavy atom. The van der Waals surface area contributed by atoms with Gasteiger partial charge >= 0.3 is 0 Å². The van der Waals surface area contributed by atoms with Crippen molar-refractivity contribution in [3.8, 4) is 0 Å². The molecule has 0 saturated heterocycles. The van der Waals surface area contributed by atoms with Crippen LogP contribution in [-0.4, -0.2) is 32.1 Å². The second-order valence-electron chi connectivity index (χ2n) is 6.51. The summed E-state index contributed by atoms with van der Waals surface area (Å²) in [5.41, 5.74) is -1.50. The topological polar surface area (TPSA) is 60.7 Å². The Hall–Kier alpha value is 0.884. The molecule has 3 nitrogen and oxygen atoms in total. The van der Waals surface area contributed by atoms with Gasteiger partial charge < -0.3 is 15.3 Å². The number of aliphatic hydroxyl groups is 3. The Kier molecular flexibility index (Phi) is 21.6. The average Bonchev–Trinajstić information content (AvgIpc) is 1.41. The molecule has 0 aliphatic carbocycles. The molecule has 108 valence electrons. The number of hydrogen-bond donors (Lipinski definition) is 3. The summed E-state index contributed by atoms with van der Waals surface area (Å²) in [6, 6.07) is 0. The molecule has 0 amide bonds. The van der Waals surface area contributed by atoms with Gasteiger partial charge in [-0.3, -0.25) is 0 Å². The Morgan fingerprint density at radius 1 is 0.471 bits per heavy atom. The molecule has 0 aliphatic heterocycles. The molecule has 0 saturated carbocycles. The first-order chi connectivity index (χ1) is 6.00. The number of halogens is 1. The van der Waals surface area contributed by atoms with E-state index in [0.717, 1.165) is 0 Å². The van der Waals surface area contributed by atoms with Crippen LogP contribution in [0.25, 0.3) is 0 Å². The van der Waals surface area contributed by atoms with Crippen LogP contribution in [0.2, 0.25) is 0 Å². The maximum Gasteiger partial charge on any atom is 0.0563 e. The molecule has 0 fully saturated rings. The summed E-state index contributed by atoms with van der Waals surface area (Å²) in [7, 11) is 0. The summed E-state index contributed by atoms with van der Waals surface area (Å²) in [6.07, 6.45) is 0. The first-order valence-electron chi connectivity index (χ1n) is 5.17. The van der Waals surface area contributed by atoms with E-state index >= 15 is 0 Å². The van der Waals surface area contributed by atoms with Crippen LogP contribution in [-0.2, 0) is 21.7 Å². The molecular weight excluding hydrogens is 275 g/mol. The van der Waals surface area contributed by atoms with E-state index in [1.54, 1.807) is 62.3 Å². The summed E-state index contributed by atoms with van der Waals surface area (Å²) in [6.45, 7) is 15.7. The van der Waals surface area contributed by atoms with Gasteiger partial charge in [0.2, 0.25) is 0 Å². The Labute approximate surface area is 128 Å². The van der Waals surface area contributed by atoms with E-state index in [-0.39, 0.29) is 34.1 Å². The molecular formula is C12H31ClO3Ti. The Morgan fingerprint density at radius 2 is 0.471 bits per heavy atom. The number of rotatable bonds is 0. The predicted molar refractivity (Wildman–Crippen MR) is 73.2 cm³/mol. The second-order valence-corrected chi connectivity index (χ2v) is 6.51. The molecule has 0 rings (SSSR count). The normalized spacial score (nSPS) is 10.6. The molecule has 0 aromatic heterocycles. The monoisotopic (exact) mass is 306 g/mol. The quantitative estimate of drug-likeness (QED) is 0.603. The van der Waals surface area contributed by atoms with Gasteiger partial charge in [0, 0.05) is 21.7 Å². The van der Waals surface area contributed by atoms with E-state index in [1.807, 2.05) is 0 Å². The molecule has 0 bridgehead atoms. The minimum atomic E-state index is -0.500. The van der Waals surface area contributed by atoms with E-state index in [4.69, 9.17) is 15.3 Å². The summed E-state index contributed by atoms with van der Waals surface area (Å²) in [4.78, 5) is 0. The molecule has 0 aliphatic rings. The number of hydrogen-bond acceptors (Lipinski definition) is 3. The molecule has 0 aromatic rings. The first-order valence-corrected chi connectivity index (χ1v) is 5.17. The van der Waals surface area contributed by atoms with Crippen molar-refractivity contribution in [2.45, 2.75) is 79.1 Å². The first kappa shape index (κ1) is 30.7. The molecule has 0 atom stereocenters. The molecule has 0 spiro atoms. The molecule has 0 heterocycles. The van der Waals surface area contributed by atoms with Crippen molar-refractivity contribution in [1.82, 2.24) is 0 Å². The molecule has 17 heavy (non-hydrogen) atoms. The smallest absolute Gasteiger partial charge is 0.0563 e. The van der Waals surface area contributed by atoms with Gasteiger partial charge in [-0.15, -0.1) is 12.4 Å². The summed E-state index contributed by atoms with van der Waals surface area (Å²) in [5, 5.41) is 25.6. The summed E-state index contributed by atoms with van der Waals surface area (Å²) >= 11 is 0. The van der Waals surface area contributed by atoms with Crippen molar-refractivity contribution in [3.63, 3.8) is 0 Å². The van der Waals surface area contributed by atoms with Crippen LogP contribution >= 0.6 is 12.4 Å². The maximum atomic E-state index is 8.52. The third-order valence-corrected chi connectivity index (χ3v) is 0. The van der Waals surface area contributed by atoms with Crippen LogP contribution in [0, 0.1) is 0 Å². The summed E-state index contributed by atoms with van der Waals surface area (Å²) < 4.78 is 0. The van der Waals surface area contributed by atoms with E-state index in [9.17, 15) is 0 Å². The van der Waals surface area contributed by atoms with Crippen LogP contribution in [0.1, 0.15) is 62.3 Å². The fourth-order valence-electron chi connectivity index (χ4n) is 0. The van der Waals surface area contributed by atoms with Gasteiger partial charge in [-0.1, -0.05) is 0 Å². The van der Waals surface area contributed by atoms with Crippen molar-refractivity contribution < 1.29 is 37.0 Å². The standard InChI is InChI=1S/3C4H10O.ClH.Ti/c3*1-4(2,3)5;;/h3*5H,1-3H3;1H;. The van der Waals surface area contributed by atoms with Gasteiger partial charge in [-0.2, -0.15) is 0 Å². The Balaban J connectivity index is -0.0000000400. The summed E-state index contributed by atoms with van der Waals surface area (Å²) in [5.74, 6) is 0. The van der Waals surface area contributed by atoms with Gasteiger partial charge in [0.1, 0.15) is 0 Å². The van der Waals surface area contributed by atoms with Gasteiger partial charge in [-0.05, 0) is 62.3 Å². The van der Waals surface area contributed by atoms with E-state index < -0.39 is 16.8 Å². The second kappa shape index (κ2) is 11.9. The van der Waals surface area contributed by atoms with Crippen molar-refractivity contribution in [2.75, 3.05) is 0 Å². The van der Waals surface area contributed by atoms with E-state index in [0.29, 0.717) is 0 Å². The third-order valence-electron chi connectivity index (χ3n) is 0. The van der Waals surface area contributed by atoms with Crippen molar-refractivity contribution in [1.29, 1.82) is 0 Å². The predicted octanol–water partition coefficient (Wildman–Crippen LogP) is 2.75.